The van der Waals surface area contributed by atoms with Crippen LogP contribution in [-0.2, 0) is 11.2 Å². The zero-order valence-electron chi connectivity index (χ0n) is 16.1. The van der Waals surface area contributed by atoms with E-state index in [9.17, 15) is 4.79 Å². The van der Waals surface area contributed by atoms with Crippen LogP contribution >= 0.6 is 11.5 Å². The second kappa shape index (κ2) is 8.16. The number of nitrogens with zero attached hydrogens (tertiary/aromatic N) is 4. The second-order valence-corrected chi connectivity index (χ2v) is 8.37. The number of carbonyl (C=O) groups is 1. The maximum Gasteiger partial charge on any atom is 0.223 e. The highest BCUT2D eigenvalue weighted by Crippen LogP contribution is 2.23. The third-order valence-electron chi connectivity index (χ3n) is 4.74. The van der Waals surface area contributed by atoms with Crippen molar-refractivity contribution < 1.29 is 4.79 Å². The van der Waals surface area contributed by atoms with Gasteiger partial charge in [-0.3, -0.25) is 4.79 Å². The fourth-order valence-corrected chi connectivity index (χ4v) is 4.02. The molecule has 1 amide bonds. The van der Waals surface area contributed by atoms with Crippen molar-refractivity contribution in [3.8, 4) is 0 Å². The zero-order valence-corrected chi connectivity index (χ0v) is 16.9. The lowest BCUT2D eigenvalue weighted by Crippen LogP contribution is -2.54. The Hall–Kier alpha value is -1.95. The van der Waals surface area contributed by atoms with Crippen molar-refractivity contribution in [2.45, 2.75) is 46.6 Å². The minimum Gasteiger partial charge on any atom is -0.343 e. The van der Waals surface area contributed by atoms with Crippen LogP contribution < -0.4 is 4.90 Å². The summed E-state index contributed by atoms with van der Waals surface area (Å²) in [5.74, 6) is 1.55. The predicted octanol–water partition coefficient (Wildman–Crippen LogP) is 3.52. The molecule has 1 atom stereocenters. The molecule has 2 aromatic rings. The van der Waals surface area contributed by atoms with E-state index in [0.717, 1.165) is 37.0 Å². The van der Waals surface area contributed by atoms with Crippen LogP contribution in [0.2, 0.25) is 0 Å². The van der Waals surface area contributed by atoms with E-state index in [4.69, 9.17) is 4.98 Å². The molecule has 2 heterocycles. The van der Waals surface area contributed by atoms with Gasteiger partial charge >= 0.3 is 0 Å². The molecule has 1 aliphatic heterocycles. The van der Waals surface area contributed by atoms with Crippen LogP contribution in [0.3, 0.4) is 0 Å². The summed E-state index contributed by atoms with van der Waals surface area (Å²) in [5, 5.41) is 0.968. The number of anilines is 1. The average molecular weight is 373 g/mol. The molecular weight excluding hydrogens is 344 g/mol. The Labute approximate surface area is 160 Å². The number of aromatic nitrogens is 2. The molecule has 0 N–H and O–H groups in total. The molecule has 5 nitrogen and oxygen atoms in total. The van der Waals surface area contributed by atoms with Crippen molar-refractivity contribution in [1.29, 1.82) is 0 Å². The Morgan fingerprint density at radius 1 is 1.27 bits per heavy atom. The number of benzene rings is 1. The molecule has 3 rings (SSSR count). The first kappa shape index (κ1) is 18.8. The maximum atomic E-state index is 12.4. The van der Waals surface area contributed by atoms with Gasteiger partial charge in [-0.05, 0) is 25.3 Å². The molecule has 0 spiro atoms. The van der Waals surface area contributed by atoms with E-state index in [0.29, 0.717) is 12.3 Å². The summed E-state index contributed by atoms with van der Waals surface area (Å²) in [6, 6.07) is 8.73. The minimum atomic E-state index is 0.208. The van der Waals surface area contributed by atoms with Crippen molar-refractivity contribution in [3.05, 3.63) is 41.2 Å². The molecular formula is C20H28N4OS. The average Bonchev–Trinajstić information content (AvgIpc) is 3.04. The van der Waals surface area contributed by atoms with Crippen molar-refractivity contribution in [1.82, 2.24) is 14.3 Å². The Morgan fingerprint density at radius 2 is 2.00 bits per heavy atom. The van der Waals surface area contributed by atoms with E-state index in [1.165, 1.54) is 22.7 Å². The van der Waals surface area contributed by atoms with Gasteiger partial charge in [-0.1, -0.05) is 43.7 Å². The molecule has 26 heavy (non-hydrogen) atoms. The van der Waals surface area contributed by atoms with Crippen LogP contribution in [0.15, 0.2) is 24.3 Å². The highest BCUT2D eigenvalue weighted by Gasteiger charge is 2.29. The van der Waals surface area contributed by atoms with Gasteiger partial charge in [-0.25, -0.2) is 4.98 Å². The number of aryl methyl sites for hydroxylation is 1. The summed E-state index contributed by atoms with van der Waals surface area (Å²) in [5.41, 5.74) is 2.50. The van der Waals surface area contributed by atoms with E-state index in [-0.39, 0.29) is 11.9 Å². The highest BCUT2D eigenvalue weighted by atomic mass is 32.1. The summed E-state index contributed by atoms with van der Waals surface area (Å²) < 4.78 is 4.54. The first-order valence-electron chi connectivity index (χ1n) is 9.35. The molecule has 0 bridgehead atoms. The highest BCUT2D eigenvalue weighted by molar-refractivity contribution is 7.09. The van der Waals surface area contributed by atoms with Crippen LogP contribution in [0.1, 0.15) is 44.1 Å². The molecule has 1 aromatic heterocycles. The standard InChI is InChI=1S/C20H28N4OS/c1-14(2)11-19(25)24-10-9-23(13-16(24)4)20-21-18(22-26-20)12-17-7-5-15(3)6-8-17/h5-8,14,16H,9-13H2,1-4H3/t16-/m1/s1. The van der Waals surface area contributed by atoms with Crippen LogP contribution in [0.4, 0.5) is 5.13 Å². The summed E-state index contributed by atoms with van der Waals surface area (Å²) >= 11 is 1.46. The molecule has 0 aliphatic carbocycles. The first-order valence-corrected chi connectivity index (χ1v) is 10.1. The second-order valence-electron chi connectivity index (χ2n) is 7.64. The molecule has 1 aliphatic rings. The van der Waals surface area contributed by atoms with Gasteiger partial charge in [-0.2, -0.15) is 4.37 Å². The largest absolute Gasteiger partial charge is 0.343 e. The molecule has 0 saturated carbocycles. The van der Waals surface area contributed by atoms with Gasteiger partial charge in [0.05, 0.1) is 0 Å². The van der Waals surface area contributed by atoms with Crippen molar-refractivity contribution >= 4 is 22.6 Å². The summed E-state index contributed by atoms with van der Waals surface area (Å²) in [6.07, 6.45) is 1.39. The first-order chi connectivity index (χ1) is 12.4. The lowest BCUT2D eigenvalue weighted by atomic mass is 10.1. The van der Waals surface area contributed by atoms with Gasteiger partial charge in [0.25, 0.3) is 0 Å². The maximum absolute atomic E-state index is 12.4. The van der Waals surface area contributed by atoms with Crippen molar-refractivity contribution in [2.24, 2.45) is 5.92 Å². The van der Waals surface area contributed by atoms with Crippen molar-refractivity contribution in [2.75, 3.05) is 24.5 Å². The molecule has 1 fully saturated rings. The minimum absolute atomic E-state index is 0.208. The van der Waals surface area contributed by atoms with Crippen LogP contribution in [0.25, 0.3) is 0 Å². The molecule has 0 unspecified atom stereocenters. The van der Waals surface area contributed by atoms with Gasteiger partial charge in [-0.15, -0.1) is 0 Å². The monoisotopic (exact) mass is 372 g/mol. The summed E-state index contributed by atoms with van der Waals surface area (Å²) in [4.78, 5) is 21.4. The third-order valence-corrected chi connectivity index (χ3v) is 5.56. The smallest absolute Gasteiger partial charge is 0.223 e. The predicted molar refractivity (Wildman–Crippen MR) is 107 cm³/mol. The number of hydrogen-bond donors (Lipinski definition) is 0. The lowest BCUT2D eigenvalue weighted by Gasteiger charge is -2.40. The fourth-order valence-electron chi connectivity index (χ4n) is 3.30. The van der Waals surface area contributed by atoms with E-state index < -0.39 is 0 Å². The summed E-state index contributed by atoms with van der Waals surface area (Å²) in [7, 11) is 0. The van der Waals surface area contributed by atoms with Gasteiger partial charge in [0.1, 0.15) is 5.82 Å². The van der Waals surface area contributed by atoms with E-state index >= 15 is 0 Å². The number of rotatable bonds is 5. The molecule has 140 valence electrons. The van der Waals surface area contributed by atoms with Gasteiger partial charge in [0.15, 0.2) is 0 Å². The van der Waals surface area contributed by atoms with Crippen LogP contribution in [0, 0.1) is 12.8 Å². The van der Waals surface area contributed by atoms with E-state index in [1.54, 1.807) is 0 Å². The van der Waals surface area contributed by atoms with Gasteiger partial charge in [0.2, 0.25) is 11.0 Å². The fraction of sp³-hybridized carbons (Fsp3) is 0.550. The molecule has 6 heteroatoms. The third kappa shape index (κ3) is 4.61. The van der Waals surface area contributed by atoms with Crippen molar-refractivity contribution in [3.63, 3.8) is 0 Å². The summed E-state index contributed by atoms with van der Waals surface area (Å²) in [6.45, 7) is 10.8. The lowest BCUT2D eigenvalue weighted by molar-refractivity contribution is -0.134. The van der Waals surface area contributed by atoms with Gasteiger partial charge in [0, 0.05) is 50.1 Å². The van der Waals surface area contributed by atoms with Crippen LogP contribution in [0.5, 0.6) is 0 Å². The molecule has 1 saturated heterocycles. The Balaban J connectivity index is 1.60. The Kier molecular flexibility index (Phi) is 5.91. The number of amides is 1. The number of hydrogen-bond acceptors (Lipinski definition) is 5. The molecule has 1 aromatic carbocycles. The normalized spacial score (nSPS) is 17.8. The SMILES string of the molecule is Cc1ccc(Cc2nsc(N3CCN(C(=O)CC(C)C)[C@H](C)C3)n2)cc1. The quantitative estimate of drug-likeness (QED) is 0.806. The van der Waals surface area contributed by atoms with E-state index in [2.05, 4.69) is 61.2 Å². The van der Waals surface area contributed by atoms with Gasteiger partial charge < -0.3 is 9.80 Å². The van der Waals surface area contributed by atoms with Crippen LogP contribution in [-0.4, -0.2) is 45.8 Å². The Bertz CT molecular complexity index is 741. The number of carbonyl (C=O) groups excluding carboxylic acids is 1. The zero-order chi connectivity index (χ0) is 18.7. The molecule has 0 radical (unpaired) electrons. The van der Waals surface area contributed by atoms with E-state index in [1.807, 2.05) is 4.90 Å². The Morgan fingerprint density at radius 3 is 2.65 bits per heavy atom. The number of piperazine rings is 1. The topological polar surface area (TPSA) is 49.3 Å².